The van der Waals surface area contributed by atoms with Crippen LogP contribution in [0.25, 0.3) is 0 Å². The second kappa shape index (κ2) is 12.3. The van der Waals surface area contributed by atoms with Gasteiger partial charge >= 0.3 is 30.1 Å². The van der Waals surface area contributed by atoms with Gasteiger partial charge in [0, 0.05) is 24.9 Å². The third kappa shape index (κ3) is 6.08. The zero-order valence-corrected chi connectivity index (χ0v) is 24.7. The number of aliphatic carboxylic acids is 1. The van der Waals surface area contributed by atoms with Crippen LogP contribution in [0.4, 0.5) is 13.2 Å². The topological polar surface area (TPSA) is 175 Å². The summed E-state index contributed by atoms with van der Waals surface area (Å²) in [7, 11) is 3.52. The number of hydrogen-bond acceptors (Lipinski definition) is 12. The van der Waals surface area contributed by atoms with E-state index in [2.05, 4.69) is 4.90 Å². The number of carboxylic acid groups (broad SMARTS) is 1. The molecule has 2 aliphatic carbocycles. The Morgan fingerprint density at radius 3 is 2.44 bits per heavy atom. The molecule has 45 heavy (non-hydrogen) atoms. The maximum absolute atomic E-state index is 13.0. The van der Waals surface area contributed by atoms with Crippen LogP contribution in [0.1, 0.15) is 44.2 Å². The van der Waals surface area contributed by atoms with Crippen molar-refractivity contribution in [2.75, 3.05) is 20.7 Å². The highest BCUT2D eigenvalue weighted by Crippen LogP contribution is 2.65. The van der Waals surface area contributed by atoms with Crippen LogP contribution in [0.5, 0.6) is 11.5 Å². The molecule has 0 aromatic heterocycles. The van der Waals surface area contributed by atoms with E-state index in [-0.39, 0.29) is 18.2 Å². The van der Waals surface area contributed by atoms with Gasteiger partial charge in [0.15, 0.2) is 23.7 Å². The molecule has 1 aromatic carbocycles. The second-order valence-electron chi connectivity index (χ2n) is 11.1. The van der Waals surface area contributed by atoms with Crippen LogP contribution in [-0.2, 0) is 50.0 Å². The number of carbonyl (C=O) groups is 5. The molecule has 2 N–H and O–H groups in total. The molecule has 1 fully saturated rings. The molecular weight excluding hydrogens is 611 g/mol. The van der Waals surface area contributed by atoms with Crippen molar-refractivity contribution in [2.45, 2.75) is 81.1 Å². The molecule has 4 aliphatic rings. The summed E-state index contributed by atoms with van der Waals surface area (Å²) in [6.07, 6.45) is -7.49. The zero-order chi connectivity index (χ0) is 33.5. The number of alkyl halides is 3. The fraction of sp³-hybridized carbons (Fsp3) is 0.552. The minimum atomic E-state index is -4.64. The van der Waals surface area contributed by atoms with Gasteiger partial charge in [0.1, 0.15) is 5.76 Å². The minimum absolute atomic E-state index is 0.176. The van der Waals surface area contributed by atoms with E-state index in [9.17, 15) is 37.5 Å². The van der Waals surface area contributed by atoms with Crippen LogP contribution >= 0.6 is 0 Å². The largest absolute Gasteiger partial charge is 0.493 e. The highest BCUT2D eigenvalue weighted by atomic mass is 19.4. The van der Waals surface area contributed by atoms with Gasteiger partial charge in [-0.2, -0.15) is 13.2 Å². The van der Waals surface area contributed by atoms with Crippen molar-refractivity contribution < 1.29 is 71.0 Å². The number of methoxy groups -OCH3 is 1. The average molecular weight is 644 g/mol. The molecule has 13 nitrogen and oxygen atoms in total. The van der Waals surface area contributed by atoms with E-state index in [1.165, 1.54) is 14.0 Å². The van der Waals surface area contributed by atoms with Crippen LogP contribution < -0.4 is 9.47 Å². The number of likely N-dealkylation sites (tertiary alicyclic amines) is 1. The van der Waals surface area contributed by atoms with Gasteiger partial charge in [-0.05, 0) is 51.1 Å². The molecule has 1 spiro atoms. The Labute approximate surface area is 254 Å². The molecule has 1 saturated heterocycles. The van der Waals surface area contributed by atoms with Crippen molar-refractivity contribution in [2.24, 2.45) is 0 Å². The SMILES string of the molecule is COc1ccc2c3c1O[C@H]1C(OC(=O)[C@H](C)OC(=O)[C@H](CC(=O)O)OC(C)=O)=CC[C@@]4(O)[C@@H](C2)N(C)CC[C@]314.O=CC(F)(F)F. The van der Waals surface area contributed by atoms with Crippen LogP contribution in [0.3, 0.4) is 0 Å². The fourth-order valence-corrected chi connectivity index (χ4v) is 6.62. The Balaban J connectivity index is 0.000000700. The molecule has 2 bridgehead atoms. The highest BCUT2D eigenvalue weighted by molar-refractivity contribution is 5.86. The summed E-state index contributed by atoms with van der Waals surface area (Å²) in [5.41, 5.74) is -0.150. The normalized spacial score (nSPS) is 27.2. The van der Waals surface area contributed by atoms with E-state index in [0.29, 0.717) is 30.9 Å². The van der Waals surface area contributed by atoms with Crippen molar-refractivity contribution >= 4 is 30.2 Å². The van der Waals surface area contributed by atoms with E-state index < -0.39 is 72.1 Å². The zero-order valence-electron chi connectivity index (χ0n) is 24.7. The first-order chi connectivity index (χ1) is 21.0. The number of carbonyl (C=O) groups excluding carboxylic acids is 4. The Hall–Kier alpha value is -4.18. The van der Waals surface area contributed by atoms with Gasteiger partial charge in [0.2, 0.25) is 12.4 Å². The van der Waals surface area contributed by atoms with Crippen molar-refractivity contribution in [1.29, 1.82) is 0 Å². The highest BCUT2D eigenvalue weighted by Gasteiger charge is 2.72. The number of esters is 3. The number of rotatable bonds is 8. The Bertz CT molecular complexity index is 1410. The van der Waals surface area contributed by atoms with Gasteiger partial charge in [-0.15, -0.1) is 0 Å². The smallest absolute Gasteiger partial charge is 0.446 e. The van der Waals surface area contributed by atoms with Crippen molar-refractivity contribution in [3.8, 4) is 11.5 Å². The third-order valence-electron chi connectivity index (χ3n) is 8.47. The van der Waals surface area contributed by atoms with Gasteiger partial charge in [-0.3, -0.25) is 14.4 Å². The van der Waals surface area contributed by atoms with Crippen molar-refractivity contribution in [3.05, 3.63) is 35.1 Å². The molecule has 1 aromatic rings. The number of carboxylic acids is 1. The molecule has 5 rings (SSSR count). The average Bonchev–Trinajstić information content (AvgIpc) is 3.31. The maximum Gasteiger partial charge on any atom is 0.446 e. The van der Waals surface area contributed by atoms with Crippen LogP contribution in [0.15, 0.2) is 24.0 Å². The number of halogens is 3. The summed E-state index contributed by atoms with van der Waals surface area (Å²) in [6, 6.07) is 3.64. The standard InChI is InChI=1S/C27H31NO11.C2HF3O/c1-13(36-25(33)18(12-20(30)31)37-14(2)29)24(32)38-17-7-8-27(34)19-11-15-5-6-16(35-4)22-21(15)26(27,23(17)39-22)9-10-28(19)3;3-2(4,5)1-6/h5-7,13,18-19,23,34H,8-12H2,1-4H3,(H,30,31);1H/t13-,18-,19+,23-,26-,27+;/m0./s1. The van der Waals surface area contributed by atoms with Gasteiger partial charge in [-0.25, -0.2) is 9.59 Å². The summed E-state index contributed by atoms with van der Waals surface area (Å²) in [4.78, 5) is 58.7. The van der Waals surface area contributed by atoms with Gasteiger partial charge < -0.3 is 38.8 Å². The van der Waals surface area contributed by atoms with Gasteiger partial charge in [0.05, 0.1) is 24.5 Å². The van der Waals surface area contributed by atoms with E-state index >= 15 is 0 Å². The number of hydrogen-bond donors (Lipinski definition) is 2. The second-order valence-corrected chi connectivity index (χ2v) is 11.1. The molecular formula is C29H32F3NO12. The van der Waals surface area contributed by atoms with Gasteiger partial charge in [0.25, 0.3) is 0 Å². The number of aliphatic hydroxyl groups is 1. The monoisotopic (exact) mass is 643 g/mol. The van der Waals surface area contributed by atoms with Crippen LogP contribution in [0.2, 0.25) is 0 Å². The number of piperidine rings is 1. The lowest BCUT2D eigenvalue weighted by atomic mass is 9.50. The molecule has 2 heterocycles. The van der Waals surface area contributed by atoms with Crippen molar-refractivity contribution in [1.82, 2.24) is 4.90 Å². The summed E-state index contributed by atoms with van der Waals surface area (Å²) in [5, 5.41) is 21.2. The van der Waals surface area contributed by atoms with Crippen LogP contribution in [-0.4, -0.2) is 102 Å². The molecule has 16 heteroatoms. The van der Waals surface area contributed by atoms with E-state index in [4.69, 9.17) is 33.6 Å². The summed E-state index contributed by atoms with van der Waals surface area (Å²) in [5.74, 6) is -3.16. The third-order valence-corrected chi connectivity index (χ3v) is 8.47. The molecule has 0 unspecified atom stereocenters. The van der Waals surface area contributed by atoms with E-state index in [0.717, 1.165) is 18.1 Å². The Morgan fingerprint density at radius 1 is 1.20 bits per heavy atom. The predicted molar refractivity (Wildman–Crippen MR) is 143 cm³/mol. The van der Waals surface area contributed by atoms with E-state index in [1.54, 1.807) is 6.08 Å². The number of aldehydes is 1. The van der Waals surface area contributed by atoms with E-state index in [1.807, 2.05) is 19.2 Å². The molecule has 0 radical (unpaired) electrons. The van der Waals surface area contributed by atoms with Crippen molar-refractivity contribution in [3.63, 3.8) is 0 Å². The first-order valence-electron chi connectivity index (χ1n) is 13.8. The quantitative estimate of drug-likeness (QED) is 0.238. The Morgan fingerprint density at radius 2 is 1.87 bits per heavy atom. The molecule has 246 valence electrons. The number of ether oxygens (including phenoxy) is 5. The first kappa shape index (κ1) is 33.7. The first-order valence-corrected chi connectivity index (χ1v) is 13.8. The minimum Gasteiger partial charge on any atom is -0.493 e. The van der Waals surface area contributed by atoms with Gasteiger partial charge in [-0.1, -0.05) is 6.07 Å². The number of benzene rings is 1. The summed E-state index contributed by atoms with van der Waals surface area (Å²) in [6.45, 7) is 2.98. The number of nitrogens with zero attached hydrogens (tertiary/aromatic N) is 1. The summed E-state index contributed by atoms with van der Waals surface area (Å²) >= 11 is 0. The predicted octanol–water partition coefficient (Wildman–Crippen LogP) is 1.60. The lowest BCUT2D eigenvalue weighted by molar-refractivity contribution is -0.181. The molecule has 2 aliphatic heterocycles. The van der Waals surface area contributed by atoms with Crippen LogP contribution in [0, 0.1) is 0 Å². The molecule has 6 atom stereocenters. The maximum atomic E-state index is 13.0. The Kier molecular flexibility index (Phi) is 9.22. The number of likely N-dealkylation sites (N-methyl/N-ethyl adjacent to an activating group) is 1. The summed E-state index contributed by atoms with van der Waals surface area (Å²) < 4.78 is 58.8. The lowest BCUT2D eigenvalue weighted by Gasteiger charge is -2.61. The molecule has 0 saturated carbocycles. The molecule has 0 amide bonds. The lowest BCUT2D eigenvalue weighted by Crippen LogP contribution is -2.74. The fourth-order valence-electron chi connectivity index (χ4n) is 6.62.